The Labute approximate surface area is 162 Å². The van der Waals surface area contributed by atoms with Crippen LogP contribution in [0.25, 0.3) is 0 Å². The molecule has 0 bridgehead atoms. The maximum absolute atomic E-state index is 12.5. The highest BCUT2D eigenvalue weighted by Gasteiger charge is 2.15. The predicted molar refractivity (Wildman–Crippen MR) is 109 cm³/mol. The maximum Gasteiger partial charge on any atom is 0.306 e. The number of nitrogens with zero attached hydrogens (tertiary/aromatic N) is 1. The number of amides is 1. The lowest BCUT2D eigenvalue weighted by Crippen LogP contribution is -2.33. The van der Waals surface area contributed by atoms with Gasteiger partial charge in [0.1, 0.15) is 0 Å². The number of rotatable bonds is 18. The van der Waals surface area contributed by atoms with Crippen molar-refractivity contribution in [3.05, 3.63) is 0 Å². The average molecular weight is 370 g/mol. The van der Waals surface area contributed by atoms with Crippen molar-refractivity contribution in [3.63, 3.8) is 0 Å². The number of ether oxygens (including phenoxy) is 1. The van der Waals surface area contributed by atoms with E-state index in [1.807, 2.05) is 4.90 Å². The summed E-state index contributed by atoms with van der Waals surface area (Å²) in [5.41, 5.74) is 0. The summed E-state index contributed by atoms with van der Waals surface area (Å²) in [6, 6.07) is 0. The van der Waals surface area contributed by atoms with Crippen LogP contribution in [0.1, 0.15) is 111 Å². The molecular formula is C22H43NO3. The molecule has 1 amide bonds. The Morgan fingerprint density at radius 3 is 1.58 bits per heavy atom. The highest BCUT2D eigenvalue weighted by atomic mass is 16.5. The first kappa shape index (κ1) is 24.9. The van der Waals surface area contributed by atoms with Gasteiger partial charge in [-0.25, -0.2) is 0 Å². The predicted octanol–water partition coefficient (Wildman–Crippen LogP) is 5.88. The summed E-state index contributed by atoms with van der Waals surface area (Å²) < 4.78 is 4.93. The Balaban J connectivity index is 4.16. The van der Waals surface area contributed by atoms with Crippen molar-refractivity contribution >= 4 is 11.9 Å². The van der Waals surface area contributed by atoms with E-state index in [2.05, 4.69) is 13.8 Å². The molecule has 0 atom stereocenters. The highest BCUT2D eigenvalue weighted by molar-refractivity contribution is 5.81. The van der Waals surface area contributed by atoms with E-state index in [0.29, 0.717) is 6.61 Å². The third-order valence-corrected chi connectivity index (χ3v) is 4.76. The van der Waals surface area contributed by atoms with E-state index in [1.165, 1.54) is 64.2 Å². The normalized spacial score (nSPS) is 10.7. The molecule has 0 saturated heterocycles. The number of carbonyl (C=O) groups excluding carboxylic acids is 2. The molecule has 154 valence electrons. The molecule has 26 heavy (non-hydrogen) atoms. The smallest absolute Gasteiger partial charge is 0.306 e. The van der Waals surface area contributed by atoms with Gasteiger partial charge in [0.25, 0.3) is 0 Å². The van der Waals surface area contributed by atoms with Crippen molar-refractivity contribution < 1.29 is 14.3 Å². The van der Waals surface area contributed by atoms with Gasteiger partial charge in [-0.05, 0) is 19.8 Å². The Kier molecular flexibility index (Phi) is 18.0. The van der Waals surface area contributed by atoms with Crippen molar-refractivity contribution in [3.8, 4) is 0 Å². The van der Waals surface area contributed by atoms with Crippen molar-refractivity contribution in [1.82, 2.24) is 4.90 Å². The SMILES string of the molecule is CCCCCCCCN(CCCCCCCC)C(=O)CCC(=O)OCC. The second-order valence-electron chi connectivity index (χ2n) is 7.22. The molecule has 0 aliphatic heterocycles. The van der Waals surface area contributed by atoms with Gasteiger partial charge in [0.2, 0.25) is 5.91 Å². The van der Waals surface area contributed by atoms with Gasteiger partial charge in [0, 0.05) is 19.5 Å². The van der Waals surface area contributed by atoms with Crippen LogP contribution in [-0.2, 0) is 14.3 Å². The van der Waals surface area contributed by atoms with E-state index in [9.17, 15) is 9.59 Å². The van der Waals surface area contributed by atoms with E-state index in [1.54, 1.807) is 6.92 Å². The van der Waals surface area contributed by atoms with Gasteiger partial charge >= 0.3 is 5.97 Å². The molecule has 0 aromatic carbocycles. The second-order valence-corrected chi connectivity index (χ2v) is 7.22. The molecule has 4 heteroatoms. The van der Waals surface area contributed by atoms with Crippen molar-refractivity contribution in [2.45, 2.75) is 111 Å². The molecule has 0 aromatic rings. The van der Waals surface area contributed by atoms with Gasteiger partial charge in [-0.1, -0.05) is 78.1 Å². The van der Waals surface area contributed by atoms with Crippen LogP contribution in [-0.4, -0.2) is 36.5 Å². The molecule has 0 unspecified atom stereocenters. The van der Waals surface area contributed by atoms with E-state index >= 15 is 0 Å². The van der Waals surface area contributed by atoms with Gasteiger partial charge in [-0.2, -0.15) is 0 Å². The molecular weight excluding hydrogens is 326 g/mol. The van der Waals surface area contributed by atoms with E-state index in [0.717, 1.165) is 25.9 Å². The minimum atomic E-state index is -0.264. The summed E-state index contributed by atoms with van der Waals surface area (Å²) in [6.07, 6.45) is 15.3. The summed E-state index contributed by atoms with van der Waals surface area (Å²) in [7, 11) is 0. The molecule has 0 aliphatic carbocycles. The second kappa shape index (κ2) is 18.7. The molecule has 0 fully saturated rings. The molecule has 0 N–H and O–H groups in total. The van der Waals surface area contributed by atoms with E-state index in [-0.39, 0.29) is 24.7 Å². The summed E-state index contributed by atoms with van der Waals surface area (Å²) in [5.74, 6) is -0.153. The van der Waals surface area contributed by atoms with Crippen molar-refractivity contribution in [2.24, 2.45) is 0 Å². The fourth-order valence-corrected chi connectivity index (χ4v) is 3.13. The largest absolute Gasteiger partial charge is 0.466 e. The van der Waals surface area contributed by atoms with E-state index in [4.69, 9.17) is 4.74 Å². The van der Waals surface area contributed by atoms with Crippen LogP contribution in [0.4, 0.5) is 0 Å². The molecule has 0 aliphatic rings. The zero-order chi connectivity index (χ0) is 19.5. The zero-order valence-electron chi connectivity index (χ0n) is 17.7. The molecule has 0 radical (unpaired) electrons. The molecule has 4 nitrogen and oxygen atoms in total. The Morgan fingerprint density at radius 2 is 1.12 bits per heavy atom. The third-order valence-electron chi connectivity index (χ3n) is 4.76. The molecule has 0 saturated carbocycles. The van der Waals surface area contributed by atoms with Crippen LogP contribution in [0, 0.1) is 0 Å². The minimum Gasteiger partial charge on any atom is -0.466 e. The van der Waals surface area contributed by atoms with E-state index < -0.39 is 0 Å². The van der Waals surface area contributed by atoms with Crippen molar-refractivity contribution in [1.29, 1.82) is 0 Å². The first-order valence-corrected chi connectivity index (χ1v) is 11.1. The highest BCUT2D eigenvalue weighted by Crippen LogP contribution is 2.10. The lowest BCUT2D eigenvalue weighted by molar-refractivity contribution is -0.145. The van der Waals surface area contributed by atoms with Gasteiger partial charge in [0.05, 0.1) is 13.0 Å². The van der Waals surface area contributed by atoms with Crippen LogP contribution in [0.15, 0.2) is 0 Å². The van der Waals surface area contributed by atoms with Crippen LogP contribution < -0.4 is 0 Å². The summed E-state index contributed by atoms with van der Waals surface area (Å²) in [5, 5.41) is 0. The standard InChI is InChI=1S/C22H43NO3/c1-4-7-9-11-13-15-19-23(20-16-14-12-10-8-5-2)21(24)17-18-22(25)26-6-3/h4-20H2,1-3H3. The summed E-state index contributed by atoms with van der Waals surface area (Å²) in [4.78, 5) is 26.0. The number of carbonyl (C=O) groups is 2. The minimum absolute atomic E-state index is 0.111. The Hall–Kier alpha value is -1.06. The fourth-order valence-electron chi connectivity index (χ4n) is 3.13. The maximum atomic E-state index is 12.5. The summed E-state index contributed by atoms with van der Waals surface area (Å²) in [6.45, 7) is 8.30. The Morgan fingerprint density at radius 1 is 0.654 bits per heavy atom. The van der Waals surface area contributed by atoms with Gasteiger partial charge in [0.15, 0.2) is 0 Å². The van der Waals surface area contributed by atoms with Crippen molar-refractivity contribution in [2.75, 3.05) is 19.7 Å². The number of hydrogen-bond acceptors (Lipinski definition) is 3. The molecule has 0 heterocycles. The topological polar surface area (TPSA) is 46.6 Å². The van der Waals surface area contributed by atoms with Gasteiger partial charge in [-0.15, -0.1) is 0 Å². The average Bonchev–Trinajstić information content (AvgIpc) is 2.63. The molecule has 0 rings (SSSR count). The lowest BCUT2D eigenvalue weighted by atomic mass is 10.1. The fraction of sp³-hybridized carbons (Fsp3) is 0.909. The summed E-state index contributed by atoms with van der Waals surface area (Å²) >= 11 is 0. The third kappa shape index (κ3) is 15.2. The quantitative estimate of drug-likeness (QED) is 0.224. The number of esters is 1. The number of hydrogen-bond donors (Lipinski definition) is 0. The van der Waals surface area contributed by atoms with Crippen LogP contribution in [0.5, 0.6) is 0 Å². The van der Waals surface area contributed by atoms with Crippen LogP contribution >= 0.6 is 0 Å². The Bertz CT molecular complexity index is 328. The first-order valence-electron chi connectivity index (χ1n) is 11.1. The zero-order valence-corrected chi connectivity index (χ0v) is 17.7. The molecule has 0 spiro atoms. The van der Waals surface area contributed by atoms with Crippen LogP contribution in [0.2, 0.25) is 0 Å². The lowest BCUT2D eigenvalue weighted by Gasteiger charge is -2.23. The molecule has 0 aromatic heterocycles. The van der Waals surface area contributed by atoms with Gasteiger partial charge in [-0.3, -0.25) is 9.59 Å². The monoisotopic (exact) mass is 369 g/mol. The first-order chi connectivity index (χ1) is 12.7. The number of unbranched alkanes of at least 4 members (excludes halogenated alkanes) is 10. The van der Waals surface area contributed by atoms with Crippen LogP contribution in [0.3, 0.4) is 0 Å². The van der Waals surface area contributed by atoms with Gasteiger partial charge < -0.3 is 9.64 Å².